The van der Waals surface area contributed by atoms with Gasteiger partial charge in [-0.3, -0.25) is 4.79 Å². The Morgan fingerprint density at radius 3 is 2.67 bits per heavy atom. The Hall–Kier alpha value is -2.76. The summed E-state index contributed by atoms with van der Waals surface area (Å²) in [6.45, 7) is 4.18. The smallest absolute Gasteiger partial charge is 0.204 e. The first kappa shape index (κ1) is 14.8. The molecule has 0 spiro atoms. The molecule has 0 amide bonds. The van der Waals surface area contributed by atoms with Gasteiger partial charge in [0.25, 0.3) is 0 Å². The number of ketones is 1. The number of aromatic nitrogens is 5. The van der Waals surface area contributed by atoms with Crippen LogP contribution in [0.3, 0.4) is 0 Å². The fourth-order valence-corrected chi connectivity index (χ4v) is 3.18. The summed E-state index contributed by atoms with van der Waals surface area (Å²) in [5.41, 5.74) is 3.85. The molecule has 0 N–H and O–H groups in total. The molecule has 1 aromatic carbocycles. The largest absolute Gasteiger partial charge is 0.345 e. The molecule has 1 aliphatic rings. The third-order valence-corrected chi connectivity index (χ3v) is 4.47. The minimum Gasteiger partial charge on any atom is -0.345 e. The third kappa shape index (κ3) is 2.64. The van der Waals surface area contributed by atoms with Crippen molar-refractivity contribution in [1.82, 2.24) is 24.8 Å². The number of nitrogens with zero attached hydrogens (tertiary/aromatic N) is 5. The van der Waals surface area contributed by atoms with Crippen LogP contribution < -0.4 is 0 Å². The molecule has 6 nitrogen and oxygen atoms in total. The summed E-state index contributed by atoms with van der Waals surface area (Å²) >= 11 is 0. The first-order chi connectivity index (χ1) is 11.6. The van der Waals surface area contributed by atoms with Gasteiger partial charge in [0.2, 0.25) is 5.82 Å². The van der Waals surface area contributed by atoms with Crippen LogP contribution in [0.2, 0.25) is 0 Å². The minimum absolute atomic E-state index is 0.0204. The van der Waals surface area contributed by atoms with Gasteiger partial charge in [-0.1, -0.05) is 30.3 Å². The van der Waals surface area contributed by atoms with Crippen molar-refractivity contribution in [1.29, 1.82) is 0 Å². The van der Waals surface area contributed by atoms with Gasteiger partial charge in [0.05, 0.1) is 0 Å². The van der Waals surface area contributed by atoms with Crippen molar-refractivity contribution in [3.8, 4) is 11.4 Å². The highest BCUT2D eigenvalue weighted by atomic mass is 16.1. The maximum absolute atomic E-state index is 12.6. The van der Waals surface area contributed by atoms with Crippen LogP contribution in [0.4, 0.5) is 0 Å². The van der Waals surface area contributed by atoms with E-state index in [0.717, 1.165) is 22.5 Å². The normalized spacial score (nSPS) is 14.1. The number of hydrogen-bond acceptors (Lipinski definition) is 4. The molecule has 1 fully saturated rings. The summed E-state index contributed by atoms with van der Waals surface area (Å²) in [4.78, 5) is 14.0. The number of benzene rings is 1. The van der Waals surface area contributed by atoms with E-state index in [1.165, 1.54) is 17.6 Å². The molecule has 2 heterocycles. The van der Waals surface area contributed by atoms with Crippen molar-refractivity contribution in [2.75, 3.05) is 0 Å². The van der Waals surface area contributed by atoms with Crippen molar-refractivity contribution < 1.29 is 4.79 Å². The average molecular weight is 321 g/mol. The van der Waals surface area contributed by atoms with E-state index in [9.17, 15) is 4.79 Å². The van der Waals surface area contributed by atoms with Crippen LogP contribution >= 0.6 is 0 Å². The number of carbonyl (C=O) groups excluding carboxylic acids is 1. The van der Waals surface area contributed by atoms with Gasteiger partial charge in [0.15, 0.2) is 5.78 Å². The molecule has 0 bridgehead atoms. The molecule has 0 aliphatic heterocycles. The lowest BCUT2D eigenvalue weighted by atomic mass is 10.1. The van der Waals surface area contributed by atoms with Crippen LogP contribution in [-0.4, -0.2) is 30.6 Å². The van der Waals surface area contributed by atoms with E-state index in [4.69, 9.17) is 0 Å². The predicted molar refractivity (Wildman–Crippen MR) is 89.8 cm³/mol. The molecular formula is C18H19N5O. The molecule has 1 saturated carbocycles. The Labute approximate surface area is 140 Å². The second kappa shape index (κ2) is 5.70. The van der Waals surface area contributed by atoms with Gasteiger partial charge >= 0.3 is 0 Å². The Morgan fingerprint density at radius 1 is 1.21 bits per heavy atom. The highest BCUT2D eigenvalue weighted by molar-refractivity contribution is 5.97. The zero-order chi connectivity index (χ0) is 16.7. The van der Waals surface area contributed by atoms with E-state index in [1.54, 1.807) is 0 Å². The van der Waals surface area contributed by atoms with E-state index in [-0.39, 0.29) is 12.3 Å². The van der Waals surface area contributed by atoms with Crippen LogP contribution in [-0.2, 0) is 6.54 Å². The Bertz CT molecular complexity index is 890. The monoisotopic (exact) mass is 321 g/mol. The SMILES string of the molecule is Cc1cc(C(=O)Cn2nnc(-c3ccccc3)n2)c(C)n1C1CC1. The summed E-state index contributed by atoms with van der Waals surface area (Å²) in [5.74, 6) is 0.555. The van der Waals surface area contributed by atoms with Crippen molar-refractivity contribution in [2.45, 2.75) is 39.3 Å². The van der Waals surface area contributed by atoms with E-state index < -0.39 is 0 Å². The highest BCUT2D eigenvalue weighted by Crippen LogP contribution is 2.38. The summed E-state index contributed by atoms with van der Waals surface area (Å²) < 4.78 is 2.28. The number of Topliss-reactive ketones (excluding diaryl/α,β-unsaturated/α-hetero) is 1. The van der Waals surface area contributed by atoms with Gasteiger partial charge < -0.3 is 4.57 Å². The summed E-state index contributed by atoms with van der Waals surface area (Å²) in [5, 5.41) is 12.4. The van der Waals surface area contributed by atoms with E-state index in [2.05, 4.69) is 26.9 Å². The van der Waals surface area contributed by atoms with E-state index in [1.807, 2.05) is 43.3 Å². The fraction of sp³-hybridized carbons (Fsp3) is 0.333. The van der Waals surface area contributed by atoms with Crippen LogP contribution in [0.25, 0.3) is 11.4 Å². The average Bonchev–Trinajstić information content (AvgIpc) is 3.22. The molecule has 0 atom stereocenters. The van der Waals surface area contributed by atoms with Crippen molar-refractivity contribution >= 4 is 5.78 Å². The molecule has 6 heteroatoms. The lowest BCUT2D eigenvalue weighted by Crippen LogP contribution is -2.14. The topological polar surface area (TPSA) is 65.6 Å². The number of hydrogen-bond donors (Lipinski definition) is 0. The molecule has 4 rings (SSSR count). The van der Waals surface area contributed by atoms with Gasteiger partial charge in [0, 0.05) is 28.6 Å². The Morgan fingerprint density at radius 2 is 1.96 bits per heavy atom. The van der Waals surface area contributed by atoms with Gasteiger partial charge in [-0.2, -0.15) is 4.80 Å². The molecular weight excluding hydrogens is 302 g/mol. The minimum atomic E-state index is 0.0204. The van der Waals surface area contributed by atoms with Crippen LogP contribution in [0, 0.1) is 13.8 Å². The first-order valence-corrected chi connectivity index (χ1v) is 8.18. The van der Waals surface area contributed by atoms with E-state index in [0.29, 0.717) is 11.9 Å². The molecule has 0 unspecified atom stereocenters. The summed E-state index contributed by atoms with van der Waals surface area (Å²) in [6.07, 6.45) is 2.41. The highest BCUT2D eigenvalue weighted by Gasteiger charge is 2.28. The quantitative estimate of drug-likeness (QED) is 0.678. The number of carbonyl (C=O) groups is 1. The van der Waals surface area contributed by atoms with E-state index >= 15 is 0 Å². The predicted octanol–water partition coefficient (Wildman–Crippen LogP) is 2.98. The van der Waals surface area contributed by atoms with Crippen molar-refractivity contribution in [3.63, 3.8) is 0 Å². The van der Waals surface area contributed by atoms with Gasteiger partial charge in [-0.25, -0.2) is 0 Å². The van der Waals surface area contributed by atoms with Gasteiger partial charge in [-0.05, 0) is 38.0 Å². The van der Waals surface area contributed by atoms with Crippen molar-refractivity contribution in [3.05, 3.63) is 53.3 Å². The Balaban J connectivity index is 1.55. The third-order valence-electron chi connectivity index (χ3n) is 4.47. The molecule has 2 aromatic heterocycles. The summed E-state index contributed by atoms with van der Waals surface area (Å²) in [7, 11) is 0. The maximum Gasteiger partial charge on any atom is 0.204 e. The van der Waals surface area contributed by atoms with Crippen molar-refractivity contribution in [2.24, 2.45) is 0 Å². The standard InChI is InChI=1S/C18H19N5O/c1-12-10-16(13(2)23(12)15-8-9-15)17(24)11-22-20-18(19-21-22)14-6-4-3-5-7-14/h3-7,10,15H,8-9,11H2,1-2H3. The fourth-order valence-electron chi connectivity index (χ4n) is 3.18. The van der Waals surface area contributed by atoms with Gasteiger partial charge in [0.1, 0.15) is 6.54 Å². The molecule has 1 aliphatic carbocycles. The number of tetrazole rings is 1. The first-order valence-electron chi connectivity index (χ1n) is 8.18. The summed E-state index contributed by atoms with van der Waals surface area (Å²) in [6, 6.07) is 12.2. The molecule has 0 radical (unpaired) electrons. The molecule has 3 aromatic rings. The lowest BCUT2D eigenvalue weighted by Gasteiger charge is -2.07. The maximum atomic E-state index is 12.6. The lowest BCUT2D eigenvalue weighted by molar-refractivity contribution is 0.0960. The number of aryl methyl sites for hydroxylation is 1. The van der Waals surface area contributed by atoms with Gasteiger partial charge in [-0.15, -0.1) is 10.2 Å². The zero-order valence-corrected chi connectivity index (χ0v) is 13.8. The molecule has 122 valence electrons. The van der Waals surface area contributed by atoms with Crippen LogP contribution in [0.5, 0.6) is 0 Å². The van der Waals surface area contributed by atoms with Crippen LogP contribution in [0.1, 0.15) is 40.6 Å². The zero-order valence-electron chi connectivity index (χ0n) is 13.8. The second-order valence-corrected chi connectivity index (χ2v) is 6.32. The Kier molecular flexibility index (Phi) is 3.52. The number of rotatable bonds is 5. The van der Waals surface area contributed by atoms with Crippen LogP contribution in [0.15, 0.2) is 36.4 Å². The molecule has 24 heavy (non-hydrogen) atoms. The molecule has 0 saturated heterocycles. The second-order valence-electron chi connectivity index (χ2n) is 6.32.